The van der Waals surface area contributed by atoms with Gasteiger partial charge in [0.25, 0.3) is 5.91 Å². The second-order valence-electron chi connectivity index (χ2n) is 5.61. The smallest absolute Gasteiger partial charge is 0.418 e. The molecule has 1 aliphatic heterocycles. The summed E-state index contributed by atoms with van der Waals surface area (Å²) in [6, 6.07) is 6.01. The number of anilines is 1. The van der Waals surface area contributed by atoms with E-state index in [1.807, 2.05) is 0 Å². The normalized spacial score (nSPS) is 17.2. The molecule has 0 aliphatic carbocycles. The van der Waals surface area contributed by atoms with Gasteiger partial charge in [-0.1, -0.05) is 23.7 Å². The summed E-state index contributed by atoms with van der Waals surface area (Å²) in [4.78, 5) is 16.2. The number of carbonyl (C=O) groups is 1. The number of amides is 1. The molecule has 9 heteroatoms. The molecule has 1 aromatic carbocycles. The third-order valence-corrected chi connectivity index (χ3v) is 3.99. The molecule has 1 saturated heterocycles. The Bertz CT molecular complexity index is 808. The predicted molar refractivity (Wildman–Crippen MR) is 88.5 cm³/mol. The van der Waals surface area contributed by atoms with Gasteiger partial charge in [0.2, 0.25) is 5.88 Å². The van der Waals surface area contributed by atoms with Crippen molar-refractivity contribution < 1.29 is 27.4 Å². The predicted octanol–water partition coefficient (Wildman–Crippen LogP) is 4.17. The van der Waals surface area contributed by atoms with E-state index in [1.54, 1.807) is 0 Å². The van der Waals surface area contributed by atoms with E-state index in [-0.39, 0.29) is 28.3 Å². The molecular formula is C17H14ClF3N2O3. The first-order valence-corrected chi connectivity index (χ1v) is 8.10. The minimum atomic E-state index is -4.58. The summed E-state index contributed by atoms with van der Waals surface area (Å²) in [6.07, 6.45) is -2.85. The van der Waals surface area contributed by atoms with Crippen LogP contribution in [0.5, 0.6) is 5.88 Å². The minimum absolute atomic E-state index is 0.0157. The highest BCUT2D eigenvalue weighted by atomic mass is 35.5. The number of rotatable bonds is 4. The number of halogens is 4. The van der Waals surface area contributed by atoms with Gasteiger partial charge in [-0.25, -0.2) is 4.98 Å². The van der Waals surface area contributed by atoms with Gasteiger partial charge in [-0.2, -0.15) is 13.2 Å². The maximum absolute atomic E-state index is 13.0. The van der Waals surface area contributed by atoms with Gasteiger partial charge in [-0.05, 0) is 18.2 Å². The fourth-order valence-electron chi connectivity index (χ4n) is 2.43. The molecule has 5 nitrogen and oxygen atoms in total. The number of aromatic nitrogens is 1. The van der Waals surface area contributed by atoms with Gasteiger partial charge in [0.15, 0.2) is 0 Å². The number of ether oxygens (including phenoxy) is 2. The van der Waals surface area contributed by atoms with Crippen molar-refractivity contribution in [2.75, 3.05) is 18.5 Å². The quantitative estimate of drug-likeness (QED) is 0.856. The molecule has 1 atom stereocenters. The zero-order chi connectivity index (χ0) is 18.7. The Morgan fingerprint density at radius 2 is 2.12 bits per heavy atom. The van der Waals surface area contributed by atoms with Crippen LogP contribution in [0, 0.1) is 0 Å². The zero-order valence-corrected chi connectivity index (χ0v) is 14.1. The molecule has 1 unspecified atom stereocenters. The number of carbonyl (C=O) groups excluding carboxylic acids is 1. The van der Waals surface area contributed by atoms with Crippen molar-refractivity contribution >= 4 is 23.2 Å². The van der Waals surface area contributed by atoms with Gasteiger partial charge >= 0.3 is 6.18 Å². The van der Waals surface area contributed by atoms with Crippen molar-refractivity contribution in [1.82, 2.24) is 4.98 Å². The number of benzene rings is 1. The Kier molecular flexibility index (Phi) is 5.33. The highest BCUT2D eigenvalue weighted by molar-refractivity contribution is 6.32. The van der Waals surface area contributed by atoms with Crippen LogP contribution in [0.3, 0.4) is 0 Å². The number of hydrogen-bond acceptors (Lipinski definition) is 4. The van der Waals surface area contributed by atoms with E-state index in [9.17, 15) is 18.0 Å². The van der Waals surface area contributed by atoms with Crippen LogP contribution < -0.4 is 10.1 Å². The maximum atomic E-state index is 13.0. The lowest BCUT2D eigenvalue weighted by atomic mass is 10.1. The fourth-order valence-corrected chi connectivity index (χ4v) is 2.64. The number of alkyl halides is 3. The molecule has 1 N–H and O–H groups in total. The van der Waals surface area contributed by atoms with E-state index in [1.165, 1.54) is 30.5 Å². The van der Waals surface area contributed by atoms with Gasteiger partial charge in [0.1, 0.15) is 11.1 Å². The maximum Gasteiger partial charge on any atom is 0.418 e. The first-order chi connectivity index (χ1) is 12.3. The zero-order valence-electron chi connectivity index (χ0n) is 13.3. The standard InChI is InChI=1S/C17H14ClF3N2O3/c18-13-7-10(8-22-16(13)26-11-5-6-25-9-11)15(24)23-14-4-2-1-3-12(14)17(19,20)21/h1-4,7-8,11H,5-6,9H2,(H,23,24). The monoisotopic (exact) mass is 386 g/mol. The Hall–Kier alpha value is -2.32. The highest BCUT2D eigenvalue weighted by Gasteiger charge is 2.33. The summed E-state index contributed by atoms with van der Waals surface area (Å²) in [5, 5.41) is 2.33. The lowest BCUT2D eigenvalue weighted by Crippen LogP contribution is -2.18. The van der Waals surface area contributed by atoms with Gasteiger partial charge in [0, 0.05) is 12.6 Å². The second kappa shape index (κ2) is 7.51. The molecule has 1 aromatic heterocycles. The van der Waals surface area contributed by atoms with E-state index in [4.69, 9.17) is 21.1 Å². The molecule has 3 rings (SSSR count). The second-order valence-corrected chi connectivity index (χ2v) is 6.02. The summed E-state index contributed by atoms with van der Waals surface area (Å²) in [5.74, 6) is -0.610. The summed E-state index contributed by atoms with van der Waals surface area (Å²) >= 11 is 6.07. The number of nitrogens with zero attached hydrogens (tertiary/aromatic N) is 1. The van der Waals surface area contributed by atoms with Crippen molar-refractivity contribution in [2.24, 2.45) is 0 Å². The summed E-state index contributed by atoms with van der Waals surface area (Å²) in [5.41, 5.74) is -1.26. The van der Waals surface area contributed by atoms with Gasteiger partial charge in [0.05, 0.1) is 30.0 Å². The van der Waals surface area contributed by atoms with Crippen molar-refractivity contribution in [2.45, 2.75) is 18.7 Å². The van der Waals surface area contributed by atoms with Crippen molar-refractivity contribution in [3.05, 3.63) is 52.7 Å². The molecular weight excluding hydrogens is 373 g/mol. The van der Waals surface area contributed by atoms with E-state index in [0.29, 0.717) is 19.6 Å². The third-order valence-electron chi connectivity index (χ3n) is 3.72. The van der Waals surface area contributed by atoms with E-state index >= 15 is 0 Å². The number of hydrogen-bond donors (Lipinski definition) is 1. The highest BCUT2D eigenvalue weighted by Crippen LogP contribution is 2.35. The molecule has 0 radical (unpaired) electrons. The SMILES string of the molecule is O=C(Nc1ccccc1C(F)(F)F)c1cnc(OC2CCOC2)c(Cl)c1. The Morgan fingerprint density at radius 1 is 1.35 bits per heavy atom. The summed E-state index contributed by atoms with van der Waals surface area (Å²) < 4.78 is 49.8. The van der Waals surface area contributed by atoms with E-state index in [0.717, 1.165) is 6.07 Å². The van der Waals surface area contributed by atoms with Gasteiger partial charge < -0.3 is 14.8 Å². The Morgan fingerprint density at radius 3 is 2.77 bits per heavy atom. The van der Waals surface area contributed by atoms with Crippen LogP contribution in [-0.4, -0.2) is 30.2 Å². The molecule has 26 heavy (non-hydrogen) atoms. The van der Waals surface area contributed by atoms with Crippen LogP contribution in [-0.2, 0) is 10.9 Å². The largest absolute Gasteiger partial charge is 0.471 e. The first-order valence-electron chi connectivity index (χ1n) is 7.72. The Balaban J connectivity index is 1.75. The molecule has 2 heterocycles. The average Bonchev–Trinajstić information content (AvgIpc) is 3.09. The first kappa shape index (κ1) is 18.5. The molecule has 0 spiro atoms. The van der Waals surface area contributed by atoms with Crippen LogP contribution in [0.1, 0.15) is 22.3 Å². The number of pyridine rings is 1. The topological polar surface area (TPSA) is 60.5 Å². The van der Waals surface area contributed by atoms with Crippen LogP contribution >= 0.6 is 11.6 Å². The van der Waals surface area contributed by atoms with Crippen molar-refractivity contribution in [3.8, 4) is 5.88 Å². The molecule has 2 aromatic rings. The number of para-hydroxylation sites is 1. The van der Waals surface area contributed by atoms with E-state index < -0.39 is 17.6 Å². The molecule has 0 saturated carbocycles. The van der Waals surface area contributed by atoms with Crippen LogP contribution in [0.2, 0.25) is 5.02 Å². The molecule has 1 amide bonds. The summed E-state index contributed by atoms with van der Waals surface area (Å²) in [7, 11) is 0. The minimum Gasteiger partial charge on any atom is -0.471 e. The van der Waals surface area contributed by atoms with E-state index in [2.05, 4.69) is 10.3 Å². The molecule has 1 fully saturated rings. The van der Waals surface area contributed by atoms with Crippen molar-refractivity contribution in [1.29, 1.82) is 0 Å². The average molecular weight is 387 g/mol. The third kappa shape index (κ3) is 4.25. The Labute approximate surface area is 152 Å². The lowest BCUT2D eigenvalue weighted by Gasteiger charge is -2.14. The lowest BCUT2D eigenvalue weighted by molar-refractivity contribution is -0.136. The van der Waals surface area contributed by atoms with Crippen LogP contribution in [0.4, 0.5) is 18.9 Å². The molecule has 138 valence electrons. The van der Waals surface area contributed by atoms with Crippen LogP contribution in [0.25, 0.3) is 0 Å². The van der Waals surface area contributed by atoms with Gasteiger partial charge in [-0.15, -0.1) is 0 Å². The van der Waals surface area contributed by atoms with Gasteiger partial charge in [-0.3, -0.25) is 4.79 Å². The summed E-state index contributed by atoms with van der Waals surface area (Å²) in [6.45, 7) is 1.01. The fraction of sp³-hybridized carbons (Fsp3) is 0.294. The molecule has 1 aliphatic rings. The van der Waals surface area contributed by atoms with Crippen molar-refractivity contribution in [3.63, 3.8) is 0 Å². The number of nitrogens with one attached hydrogen (secondary N) is 1. The van der Waals surface area contributed by atoms with Crippen LogP contribution in [0.15, 0.2) is 36.5 Å². The molecule has 0 bridgehead atoms.